The molecule has 1 aliphatic heterocycles. The van der Waals surface area contributed by atoms with Crippen LogP contribution in [-0.2, 0) is 4.79 Å². The highest BCUT2D eigenvalue weighted by atomic mass is 16.5. The number of amides is 3. The molecule has 0 aromatic heterocycles. The molecule has 1 atom stereocenters. The summed E-state index contributed by atoms with van der Waals surface area (Å²) in [7, 11) is 3.16. The van der Waals surface area contributed by atoms with Crippen LogP contribution >= 0.6 is 0 Å². The number of hydrogen-bond donors (Lipinski definition) is 0. The third-order valence-electron chi connectivity index (χ3n) is 4.46. The van der Waals surface area contributed by atoms with Gasteiger partial charge < -0.3 is 9.47 Å². The van der Waals surface area contributed by atoms with Crippen molar-refractivity contribution < 1.29 is 19.1 Å². The first kappa shape index (κ1) is 17.8. The molecule has 1 aliphatic rings. The highest BCUT2D eigenvalue weighted by Crippen LogP contribution is 2.34. The van der Waals surface area contributed by atoms with Crippen LogP contribution in [0.2, 0.25) is 0 Å². The lowest BCUT2D eigenvalue weighted by Gasteiger charge is -2.24. The topological polar surface area (TPSA) is 59.1 Å². The van der Waals surface area contributed by atoms with Crippen molar-refractivity contribution in [2.75, 3.05) is 24.0 Å². The van der Waals surface area contributed by atoms with Crippen LogP contribution in [-0.4, -0.2) is 32.2 Å². The SMILES string of the molecule is COc1ccc(N2C(=O)C(C(C)C)N(c3ccc(OC)cc3)C2=O)cc1. The first-order chi connectivity index (χ1) is 12.5. The summed E-state index contributed by atoms with van der Waals surface area (Å²) in [4.78, 5) is 28.9. The summed E-state index contributed by atoms with van der Waals surface area (Å²) in [6, 6.07) is 13.1. The Kier molecular flexibility index (Phi) is 4.84. The zero-order valence-electron chi connectivity index (χ0n) is 15.3. The van der Waals surface area contributed by atoms with Crippen molar-refractivity contribution in [3.63, 3.8) is 0 Å². The lowest BCUT2D eigenvalue weighted by molar-refractivity contribution is -0.118. The van der Waals surface area contributed by atoms with Crippen molar-refractivity contribution in [3.8, 4) is 11.5 Å². The van der Waals surface area contributed by atoms with E-state index in [0.29, 0.717) is 22.9 Å². The highest BCUT2D eigenvalue weighted by molar-refractivity contribution is 6.28. The monoisotopic (exact) mass is 354 g/mol. The van der Waals surface area contributed by atoms with E-state index in [1.54, 1.807) is 67.7 Å². The van der Waals surface area contributed by atoms with Crippen molar-refractivity contribution in [2.24, 2.45) is 5.92 Å². The minimum absolute atomic E-state index is 0.0307. The summed E-state index contributed by atoms with van der Waals surface area (Å²) in [5.41, 5.74) is 1.20. The molecule has 0 spiro atoms. The lowest BCUT2D eigenvalue weighted by atomic mass is 10.0. The summed E-state index contributed by atoms with van der Waals surface area (Å²) in [6.45, 7) is 3.87. The summed E-state index contributed by atoms with van der Waals surface area (Å²) in [5.74, 6) is 1.10. The number of benzene rings is 2. The maximum Gasteiger partial charge on any atom is 0.336 e. The van der Waals surface area contributed by atoms with Crippen LogP contribution in [0.15, 0.2) is 48.5 Å². The minimum Gasteiger partial charge on any atom is -0.497 e. The van der Waals surface area contributed by atoms with E-state index in [4.69, 9.17) is 9.47 Å². The Labute approximate surface area is 152 Å². The summed E-state index contributed by atoms with van der Waals surface area (Å²) < 4.78 is 10.3. The first-order valence-electron chi connectivity index (χ1n) is 8.43. The fourth-order valence-electron chi connectivity index (χ4n) is 3.13. The minimum atomic E-state index is -0.557. The van der Waals surface area contributed by atoms with E-state index in [2.05, 4.69) is 0 Å². The number of rotatable bonds is 5. The van der Waals surface area contributed by atoms with E-state index in [1.807, 2.05) is 13.8 Å². The maximum absolute atomic E-state index is 13.1. The molecule has 0 N–H and O–H groups in total. The molecule has 3 amide bonds. The van der Waals surface area contributed by atoms with Crippen molar-refractivity contribution in [1.29, 1.82) is 0 Å². The van der Waals surface area contributed by atoms with Gasteiger partial charge in [-0.05, 0) is 54.4 Å². The Morgan fingerprint density at radius 1 is 0.808 bits per heavy atom. The number of nitrogens with zero attached hydrogens (tertiary/aromatic N) is 2. The molecule has 0 radical (unpaired) electrons. The van der Waals surface area contributed by atoms with Gasteiger partial charge in [-0.1, -0.05) is 13.8 Å². The van der Waals surface area contributed by atoms with Crippen LogP contribution in [0.3, 0.4) is 0 Å². The summed E-state index contributed by atoms with van der Waals surface area (Å²) in [5, 5.41) is 0. The van der Waals surface area contributed by atoms with Crippen molar-refractivity contribution in [2.45, 2.75) is 19.9 Å². The van der Waals surface area contributed by atoms with E-state index in [9.17, 15) is 9.59 Å². The van der Waals surface area contributed by atoms with E-state index < -0.39 is 6.04 Å². The van der Waals surface area contributed by atoms with Crippen LogP contribution in [0.5, 0.6) is 11.5 Å². The second-order valence-electron chi connectivity index (χ2n) is 6.41. The molecule has 1 unspecified atom stereocenters. The number of hydrogen-bond acceptors (Lipinski definition) is 4. The molecule has 2 aromatic carbocycles. The average Bonchev–Trinajstić information content (AvgIpc) is 2.92. The van der Waals surface area contributed by atoms with E-state index in [1.165, 1.54) is 4.90 Å². The van der Waals surface area contributed by atoms with Gasteiger partial charge in [0.05, 0.1) is 19.9 Å². The zero-order chi connectivity index (χ0) is 18.8. The van der Waals surface area contributed by atoms with Gasteiger partial charge in [-0.25, -0.2) is 9.69 Å². The third-order valence-corrected chi connectivity index (χ3v) is 4.46. The van der Waals surface area contributed by atoms with Gasteiger partial charge in [-0.2, -0.15) is 0 Å². The molecular weight excluding hydrogens is 332 g/mol. The maximum atomic E-state index is 13.1. The number of imide groups is 1. The van der Waals surface area contributed by atoms with Gasteiger partial charge in [0.25, 0.3) is 5.91 Å². The molecule has 1 heterocycles. The predicted molar refractivity (Wildman–Crippen MR) is 100.0 cm³/mol. The zero-order valence-corrected chi connectivity index (χ0v) is 15.3. The Hall–Kier alpha value is -3.02. The van der Waals surface area contributed by atoms with Gasteiger partial charge in [-0.15, -0.1) is 0 Å². The van der Waals surface area contributed by atoms with Crippen LogP contribution in [0.1, 0.15) is 13.8 Å². The Morgan fingerprint density at radius 2 is 1.27 bits per heavy atom. The van der Waals surface area contributed by atoms with Gasteiger partial charge in [0.15, 0.2) is 0 Å². The Morgan fingerprint density at radius 3 is 1.69 bits per heavy atom. The Bertz CT molecular complexity index is 800. The average molecular weight is 354 g/mol. The molecule has 0 aliphatic carbocycles. The van der Waals surface area contributed by atoms with E-state index in [0.717, 1.165) is 0 Å². The molecule has 0 saturated carbocycles. The first-order valence-corrected chi connectivity index (χ1v) is 8.43. The van der Waals surface area contributed by atoms with Crippen LogP contribution < -0.4 is 19.3 Å². The number of urea groups is 1. The second-order valence-corrected chi connectivity index (χ2v) is 6.41. The largest absolute Gasteiger partial charge is 0.497 e. The second kappa shape index (κ2) is 7.07. The molecule has 6 heteroatoms. The van der Waals surface area contributed by atoms with Gasteiger partial charge >= 0.3 is 6.03 Å². The van der Waals surface area contributed by atoms with Gasteiger partial charge in [0.1, 0.15) is 17.5 Å². The van der Waals surface area contributed by atoms with Gasteiger partial charge in [0.2, 0.25) is 0 Å². The molecule has 1 saturated heterocycles. The van der Waals surface area contributed by atoms with Gasteiger partial charge in [-0.3, -0.25) is 9.69 Å². The number of methoxy groups -OCH3 is 2. The van der Waals surface area contributed by atoms with Crippen LogP contribution in [0, 0.1) is 5.92 Å². The molecule has 2 aromatic rings. The fourth-order valence-corrected chi connectivity index (χ4v) is 3.13. The number of ether oxygens (including phenoxy) is 2. The fraction of sp³-hybridized carbons (Fsp3) is 0.300. The molecule has 136 valence electrons. The molecule has 1 fully saturated rings. The molecule has 26 heavy (non-hydrogen) atoms. The lowest BCUT2D eigenvalue weighted by Crippen LogP contribution is -2.38. The van der Waals surface area contributed by atoms with Crippen molar-refractivity contribution in [1.82, 2.24) is 0 Å². The van der Waals surface area contributed by atoms with Crippen molar-refractivity contribution >= 4 is 23.3 Å². The highest BCUT2D eigenvalue weighted by Gasteiger charge is 2.48. The van der Waals surface area contributed by atoms with E-state index in [-0.39, 0.29) is 17.9 Å². The summed E-state index contributed by atoms with van der Waals surface area (Å²) >= 11 is 0. The Balaban J connectivity index is 2.00. The summed E-state index contributed by atoms with van der Waals surface area (Å²) in [6.07, 6.45) is 0. The van der Waals surface area contributed by atoms with E-state index >= 15 is 0 Å². The molecule has 3 rings (SSSR count). The molecule has 6 nitrogen and oxygen atoms in total. The van der Waals surface area contributed by atoms with Gasteiger partial charge in [0, 0.05) is 5.69 Å². The van der Waals surface area contributed by atoms with Crippen LogP contribution in [0.25, 0.3) is 0 Å². The standard InChI is InChI=1S/C20H22N2O4/c1-13(2)18-19(23)22(15-7-11-17(26-4)12-8-15)20(24)21(18)14-5-9-16(25-3)10-6-14/h5-13,18H,1-4H3. The predicted octanol–water partition coefficient (Wildman–Crippen LogP) is 3.70. The number of anilines is 2. The van der Waals surface area contributed by atoms with Crippen LogP contribution in [0.4, 0.5) is 16.2 Å². The van der Waals surface area contributed by atoms with Crippen molar-refractivity contribution in [3.05, 3.63) is 48.5 Å². The normalized spacial score (nSPS) is 17.2. The smallest absolute Gasteiger partial charge is 0.336 e. The number of carbonyl (C=O) groups excluding carboxylic acids is 2. The molecule has 0 bridgehead atoms. The number of carbonyl (C=O) groups is 2. The molecular formula is C20H22N2O4. The quantitative estimate of drug-likeness (QED) is 0.768. The third kappa shape index (κ3) is 2.98.